The van der Waals surface area contributed by atoms with Crippen LogP contribution < -0.4 is 0 Å². The lowest BCUT2D eigenvalue weighted by Gasteiger charge is -2.41. The average Bonchev–Trinajstić information content (AvgIpc) is 3.14. The van der Waals surface area contributed by atoms with E-state index in [1.165, 1.54) is 12.8 Å². The van der Waals surface area contributed by atoms with Gasteiger partial charge in [-0.3, -0.25) is 0 Å². The quantitative estimate of drug-likeness (QED) is 0.889. The molecule has 2 saturated carbocycles. The predicted molar refractivity (Wildman–Crippen MR) is 92.0 cm³/mol. The van der Waals surface area contributed by atoms with Gasteiger partial charge in [0.05, 0.1) is 12.2 Å². The normalized spacial score (nSPS) is 43.3. The van der Waals surface area contributed by atoms with Gasteiger partial charge in [0.25, 0.3) is 0 Å². The lowest BCUT2D eigenvalue weighted by Crippen LogP contribution is -2.43. The van der Waals surface area contributed by atoms with Gasteiger partial charge in [-0.05, 0) is 53.9 Å². The summed E-state index contributed by atoms with van der Waals surface area (Å²) in [6.45, 7) is 9.37. The molecule has 1 unspecified atom stereocenters. The summed E-state index contributed by atoms with van der Waals surface area (Å²) in [5.74, 6) is 1.37. The van der Waals surface area contributed by atoms with Gasteiger partial charge in [-0.15, -0.1) is 0 Å². The van der Waals surface area contributed by atoms with E-state index in [4.69, 9.17) is 4.74 Å². The summed E-state index contributed by atoms with van der Waals surface area (Å²) in [6, 6.07) is 10.1. The van der Waals surface area contributed by atoms with Crippen molar-refractivity contribution in [2.45, 2.75) is 71.2 Å². The van der Waals surface area contributed by atoms with Crippen molar-refractivity contribution in [1.29, 1.82) is 0 Å². The molecule has 1 saturated heterocycles. The molecule has 0 spiro atoms. The van der Waals surface area contributed by atoms with Gasteiger partial charge in [-0.2, -0.15) is 0 Å². The van der Waals surface area contributed by atoms with Gasteiger partial charge in [0, 0.05) is 0 Å². The minimum absolute atomic E-state index is 0.0686. The second-order valence-corrected chi connectivity index (χ2v) is 8.87. The van der Waals surface area contributed by atoms with Gasteiger partial charge in [0.2, 0.25) is 0 Å². The topological polar surface area (TPSA) is 29.5 Å². The van der Waals surface area contributed by atoms with E-state index in [0.717, 1.165) is 17.9 Å². The van der Waals surface area contributed by atoms with Crippen LogP contribution in [0.15, 0.2) is 30.3 Å². The second-order valence-electron chi connectivity index (χ2n) is 8.87. The third-order valence-corrected chi connectivity index (χ3v) is 8.05. The maximum atomic E-state index is 11.4. The molecule has 6 atom stereocenters. The van der Waals surface area contributed by atoms with Gasteiger partial charge in [-0.1, -0.05) is 58.0 Å². The molecular formula is C21H30O2. The Morgan fingerprint density at radius 2 is 1.91 bits per heavy atom. The highest BCUT2D eigenvalue weighted by Crippen LogP contribution is 2.71. The van der Waals surface area contributed by atoms with Crippen molar-refractivity contribution in [3.8, 4) is 0 Å². The molecule has 126 valence electrons. The largest absolute Gasteiger partial charge is 0.382 e. The zero-order valence-electron chi connectivity index (χ0n) is 14.9. The van der Waals surface area contributed by atoms with Crippen LogP contribution in [-0.2, 0) is 10.3 Å². The maximum absolute atomic E-state index is 11.4. The highest BCUT2D eigenvalue weighted by atomic mass is 16.5. The van der Waals surface area contributed by atoms with E-state index in [1.807, 2.05) is 30.3 Å². The zero-order chi connectivity index (χ0) is 16.5. The zero-order valence-corrected chi connectivity index (χ0v) is 14.9. The number of fused-ring (bicyclic) bond motifs is 5. The van der Waals surface area contributed by atoms with Crippen molar-refractivity contribution in [1.82, 2.24) is 0 Å². The highest BCUT2D eigenvalue weighted by Gasteiger charge is 2.70. The first-order valence-electron chi connectivity index (χ1n) is 9.28. The Hall–Kier alpha value is -0.860. The molecule has 1 N–H and O–H groups in total. The summed E-state index contributed by atoms with van der Waals surface area (Å²) >= 11 is 0. The smallest absolute Gasteiger partial charge is 0.115 e. The Morgan fingerprint density at radius 1 is 1.22 bits per heavy atom. The van der Waals surface area contributed by atoms with E-state index in [2.05, 4.69) is 27.7 Å². The van der Waals surface area contributed by atoms with Gasteiger partial charge < -0.3 is 9.84 Å². The molecule has 2 bridgehead atoms. The SMILES string of the molecule is CCC(O)(c1ccccc1)[C@H]1C[C@@H]2[C@H]3CC[C@@](C)([C@@H]2O1)C3(C)C. The highest BCUT2D eigenvalue weighted by molar-refractivity contribution is 5.26. The fourth-order valence-corrected chi connectivity index (χ4v) is 6.17. The molecular weight excluding hydrogens is 284 g/mol. The van der Waals surface area contributed by atoms with E-state index in [0.29, 0.717) is 23.9 Å². The Bertz CT molecular complexity index is 595. The van der Waals surface area contributed by atoms with Crippen LogP contribution in [0.25, 0.3) is 0 Å². The number of hydrogen-bond donors (Lipinski definition) is 1. The standard InChI is InChI=1S/C21H30O2/c1-5-21(22,14-9-7-6-8-10-14)17-13-15-16-11-12-20(4,18(15)23-17)19(16,2)3/h6-10,15-18,22H,5,11-13H2,1-4H3/t15-,16-,17-,18-,20+,21?/m1/s1. The molecule has 2 heteroatoms. The Labute approximate surface area is 140 Å². The minimum Gasteiger partial charge on any atom is -0.382 e. The molecule has 1 heterocycles. The molecule has 1 aliphatic heterocycles. The van der Waals surface area contributed by atoms with Crippen molar-refractivity contribution in [2.75, 3.05) is 0 Å². The monoisotopic (exact) mass is 314 g/mol. The molecule has 0 aromatic heterocycles. The van der Waals surface area contributed by atoms with Gasteiger partial charge in [-0.25, -0.2) is 0 Å². The summed E-state index contributed by atoms with van der Waals surface area (Å²) in [7, 11) is 0. The van der Waals surface area contributed by atoms with Crippen molar-refractivity contribution in [3.05, 3.63) is 35.9 Å². The molecule has 0 amide bonds. The third-order valence-electron chi connectivity index (χ3n) is 8.05. The van der Waals surface area contributed by atoms with Crippen LogP contribution in [0.2, 0.25) is 0 Å². The molecule has 3 aliphatic rings. The van der Waals surface area contributed by atoms with Crippen LogP contribution in [0.1, 0.15) is 58.9 Å². The number of benzene rings is 1. The number of ether oxygens (including phenoxy) is 1. The molecule has 1 aromatic rings. The van der Waals surface area contributed by atoms with Crippen LogP contribution in [0.3, 0.4) is 0 Å². The summed E-state index contributed by atoms with van der Waals surface area (Å²) in [5.41, 5.74) is 0.780. The number of rotatable bonds is 3. The third kappa shape index (κ3) is 1.83. The summed E-state index contributed by atoms with van der Waals surface area (Å²) in [5, 5.41) is 11.4. The fourth-order valence-electron chi connectivity index (χ4n) is 6.17. The number of hydrogen-bond acceptors (Lipinski definition) is 2. The lowest BCUT2D eigenvalue weighted by atomic mass is 9.70. The Morgan fingerprint density at radius 3 is 2.52 bits per heavy atom. The van der Waals surface area contributed by atoms with Crippen molar-refractivity contribution >= 4 is 0 Å². The van der Waals surface area contributed by atoms with Crippen molar-refractivity contribution in [3.63, 3.8) is 0 Å². The summed E-state index contributed by atoms with van der Waals surface area (Å²) < 4.78 is 6.62. The Kier molecular flexibility index (Phi) is 3.29. The van der Waals surface area contributed by atoms with E-state index >= 15 is 0 Å². The number of aliphatic hydroxyl groups is 1. The van der Waals surface area contributed by atoms with Gasteiger partial charge >= 0.3 is 0 Å². The second kappa shape index (κ2) is 4.83. The minimum atomic E-state index is -0.856. The Balaban J connectivity index is 1.65. The van der Waals surface area contributed by atoms with Crippen molar-refractivity contribution in [2.24, 2.45) is 22.7 Å². The molecule has 23 heavy (non-hydrogen) atoms. The molecule has 3 fully saturated rings. The molecule has 2 aliphatic carbocycles. The van der Waals surface area contributed by atoms with Crippen LogP contribution >= 0.6 is 0 Å². The summed E-state index contributed by atoms with van der Waals surface area (Å²) in [6.07, 6.45) is 4.56. The maximum Gasteiger partial charge on any atom is 0.115 e. The van der Waals surface area contributed by atoms with E-state index in [9.17, 15) is 5.11 Å². The van der Waals surface area contributed by atoms with E-state index in [1.54, 1.807) is 0 Å². The van der Waals surface area contributed by atoms with Crippen LogP contribution in [0.5, 0.6) is 0 Å². The van der Waals surface area contributed by atoms with Crippen LogP contribution in [-0.4, -0.2) is 17.3 Å². The van der Waals surface area contributed by atoms with Crippen molar-refractivity contribution < 1.29 is 9.84 Å². The van der Waals surface area contributed by atoms with E-state index in [-0.39, 0.29) is 11.5 Å². The van der Waals surface area contributed by atoms with Gasteiger partial charge in [0.1, 0.15) is 5.60 Å². The lowest BCUT2D eigenvalue weighted by molar-refractivity contribution is -0.140. The predicted octanol–water partition coefficient (Wildman–Crippen LogP) is 4.51. The fraction of sp³-hybridized carbons (Fsp3) is 0.714. The first-order valence-corrected chi connectivity index (χ1v) is 9.28. The van der Waals surface area contributed by atoms with Crippen LogP contribution in [0.4, 0.5) is 0 Å². The van der Waals surface area contributed by atoms with Crippen LogP contribution in [0, 0.1) is 22.7 Å². The molecule has 4 rings (SSSR count). The van der Waals surface area contributed by atoms with E-state index < -0.39 is 5.60 Å². The average molecular weight is 314 g/mol. The molecule has 0 radical (unpaired) electrons. The first-order chi connectivity index (χ1) is 10.8. The molecule has 1 aromatic carbocycles. The first kappa shape index (κ1) is 15.7. The summed E-state index contributed by atoms with van der Waals surface area (Å²) in [4.78, 5) is 0. The molecule has 2 nitrogen and oxygen atoms in total. The van der Waals surface area contributed by atoms with Gasteiger partial charge in [0.15, 0.2) is 0 Å².